The van der Waals surface area contributed by atoms with Crippen molar-refractivity contribution in [2.45, 2.75) is 19.5 Å². The highest BCUT2D eigenvalue weighted by Crippen LogP contribution is 2.19. The van der Waals surface area contributed by atoms with Crippen molar-refractivity contribution in [3.8, 4) is 0 Å². The number of nitrogens with two attached hydrogens (primary N) is 1. The molecule has 2 nitrogen and oxygen atoms in total. The maximum atomic E-state index is 13.6. The Balaban J connectivity index is 2.31. The van der Waals surface area contributed by atoms with Gasteiger partial charge in [0.25, 0.3) is 0 Å². The van der Waals surface area contributed by atoms with E-state index in [0.29, 0.717) is 12.1 Å². The first-order chi connectivity index (χ1) is 8.08. The second-order valence-electron chi connectivity index (χ2n) is 4.09. The number of benzene rings is 1. The molecule has 17 heavy (non-hydrogen) atoms. The first kappa shape index (κ1) is 12.3. The summed E-state index contributed by atoms with van der Waals surface area (Å²) in [6, 6.07) is 8.78. The smallest absolute Gasteiger partial charge is 0.128 e. The molecule has 0 radical (unpaired) electrons. The SMILES string of the molecule is CC(N)c1cccn1Cc1cc(Br)ccc1F. The number of nitrogens with zero attached hydrogens (tertiary/aromatic N) is 1. The Labute approximate surface area is 108 Å². The van der Waals surface area contributed by atoms with Gasteiger partial charge in [-0.1, -0.05) is 15.9 Å². The van der Waals surface area contributed by atoms with Crippen molar-refractivity contribution in [2.24, 2.45) is 5.73 Å². The third kappa shape index (κ3) is 2.76. The number of halogens is 2. The van der Waals surface area contributed by atoms with Gasteiger partial charge in [-0.05, 0) is 37.3 Å². The standard InChI is InChI=1S/C13H14BrFN2/c1-9(16)13-3-2-6-17(13)8-10-7-11(14)4-5-12(10)15/h2-7,9H,8,16H2,1H3. The lowest BCUT2D eigenvalue weighted by molar-refractivity contribution is 0.589. The fourth-order valence-corrected chi connectivity index (χ4v) is 2.24. The molecule has 0 amide bonds. The molecule has 2 rings (SSSR count). The fraction of sp³-hybridized carbons (Fsp3) is 0.231. The van der Waals surface area contributed by atoms with Crippen molar-refractivity contribution >= 4 is 15.9 Å². The van der Waals surface area contributed by atoms with Crippen LogP contribution in [0.1, 0.15) is 24.2 Å². The molecule has 0 aliphatic carbocycles. The van der Waals surface area contributed by atoms with E-state index in [1.54, 1.807) is 12.1 Å². The quantitative estimate of drug-likeness (QED) is 0.924. The Morgan fingerprint density at radius 2 is 2.18 bits per heavy atom. The van der Waals surface area contributed by atoms with Gasteiger partial charge in [-0.3, -0.25) is 0 Å². The van der Waals surface area contributed by atoms with Crippen molar-refractivity contribution in [1.29, 1.82) is 0 Å². The summed E-state index contributed by atoms with van der Waals surface area (Å²) < 4.78 is 16.5. The van der Waals surface area contributed by atoms with Gasteiger partial charge < -0.3 is 10.3 Å². The molecule has 90 valence electrons. The third-order valence-corrected chi connectivity index (χ3v) is 3.17. The second kappa shape index (κ2) is 5.02. The van der Waals surface area contributed by atoms with Crippen LogP contribution in [0.15, 0.2) is 41.0 Å². The van der Waals surface area contributed by atoms with Gasteiger partial charge in [0.05, 0.1) is 6.54 Å². The fourth-order valence-electron chi connectivity index (χ4n) is 1.83. The summed E-state index contributed by atoms with van der Waals surface area (Å²) >= 11 is 3.35. The van der Waals surface area contributed by atoms with Crippen molar-refractivity contribution in [1.82, 2.24) is 4.57 Å². The largest absolute Gasteiger partial charge is 0.345 e. The molecular weight excluding hydrogens is 283 g/mol. The third-order valence-electron chi connectivity index (χ3n) is 2.68. The lowest BCUT2D eigenvalue weighted by Gasteiger charge is -2.12. The maximum absolute atomic E-state index is 13.6. The molecule has 0 bridgehead atoms. The summed E-state index contributed by atoms with van der Waals surface area (Å²) in [6.45, 7) is 2.41. The first-order valence-electron chi connectivity index (χ1n) is 5.42. The van der Waals surface area contributed by atoms with E-state index in [2.05, 4.69) is 15.9 Å². The van der Waals surface area contributed by atoms with Gasteiger partial charge in [0.15, 0.2) is 0 Å². The van der Waals surface area contributed by atoms with E-state index in [0.717, 1.165) is 10.2 Å². The van der Waals surface area contributed by atoms with E-state index in [9.17, 15) is 4.39 Å². The van der Waals surface area contributed by atoms with Gasteiger partial charge in [0, 0.05) is 28.0 Å². The van der Waals surface area contributed by atoms with Crippen LogP contribution >= 0.6 is 15.9 Å². The van der Waals surface area contributed by atoms with Gasteiger partial charge in [-0.15, -0.1) is 0 Å². The van der Waals surface area contributed by atoms with Gasteiger partial charge >= 0.3 is 0 Å². The molecule has 0 saturated carbocycles. The number of rotatable bonds is 3. The molecule has 0 fully saturated rings. The lowest BCUT2D eigenvalue weighted by atomic mass is 10.2. The first-order valence-corrected chi connectivity index (χ1v) is 6.22. The molecular formula is C13H14BrFN2. The summed E-state index contributed by atoms with van der Waals surface area (Å²) in [4.78, 5) is 0. The molecule has 1 heterocycles. The minimum absolute atomic E-state index is 0.0554. The summed E-state index contributed by atoms with van der Waals surface area (Å²) in [7, 11) is 0. The molecule has 1 aromatic heterocycles. The molecule has 2 aromatic rings. The van der Waals surface area contributed by atoms with Crippen LogP contribution in [-0.2, 0) is 6.54 Å². The highest BCUT2D eigenvalue weighted by atomic mass is 79.9. The minimum Gasteiger partial charge on any atom is -0.345 e. The summed E-state index contributed by atoms with van der Waals surface area (Å²) in [6.07, 6.45) is 1.92. The van der Waals surface area contributed by atoms with Crippen molar-refractivity contribution < 1.29 is 4.39 Å². The van der Waals surface area contributed by atoms with Gasteiger partial charge in [0.2, 0.25) is 0 Å². The molecule has 0 spiro atoms. The Kier molecular flexibility index (Phi) is 3.64. The van der Waals surface area contributed by atoms with Crippen molar-refractivity contribution in [3.63, 3.8) is 0 Å². The molecule has 4 heteroatoms. The predicted molar refractivity (Wildman–Crippen MR) is 70.2 cm³/mol. The maximum Gasteiger partial charge on any atom is 0.128 e. The van der Waals surface area contributed by atoms with Gasteiger partial charge in [-0.2, -0.15) is 0 Å². The van der Waals surface area contributed by atoms with Gasteiger partial charge in [-0.25, -0.2) is 4.39 Å². The average Bonchev–Trinajstić information content (AvgIpc) is 2.71. The predicted octanol–water partition coefficient (Wildman–Crippen LogP) is 3.46. The summed E-state index contributed by atoms with van der Waals surface area (Å²) in [5, 5.41) is 0. The lowest BCUT2D eigenvalue weighted by Crippen LogP contribution is -2.12. The van der Waals surface area contributed by atoms with E-state index in [1.807, 2.05) is 29.8 Å². The summed E-state index contributed by atoms with van der Waals surface area (Å²) in [5.41, 5.74) is 7.51. The normalized spacial score (nSPS) is 12.7. The molecule has 0 aliphatic heterocycles. The van der Waals surface area contributed by atoms with E-state index >= 15 is 0 Å². The second-order valence-corrected chi connectivity index (χ2v) is 5.00. The Morgan fingerprint density at radius 1 is 1.41 bits per heavy atom. The zero-order chi connectivity index (χ0) is 12.4. The molecule has 0 aliphatic rings. The monoisotopic (exact) mass is 296 g/mol. The number of aromatic nitrogens is 1. The van der Waals surface area contributed by atoms with Crippen LogP contribution in [0.4, 0.5) is 4.39 Å². The molecule has 2 N–H and O–H groups in total. The van der Waals surface area contributed by atoms with Crippen LogP contribution in [0, 0.1) is 5.82 Å². The highest BCUT2D eigenvalue weighted by Gasteiger charge is 2.08. The number of hydrogen-bond donors (Lipinski definition) is 1. The van der Waals surface area contributed by atoms with Gasteiger partial charge in [0.1, 0.15) is 5.82 Å². The molecule has 1 unspecified atom stereocenters. The van der Waals surface area contributed by atoms with Crippen molar-refractivity contribution in [3.05, 3.63) is 58.1 Å². The Bertz CT molecular complexity index is 520. The van der Waals surface area contributed by atoms with E-state index in [4.69, 9.17) is 5.73 Å². The topological polar surface area (TPSA) is 30.9 Å². The van der Waals surface area contributed by atoms with Crippen LogP contribution in [0.25, 0.3) is 0 Å². The average molecular weight is 297 g/mol. The van der Waals surface area contributed by atoms with Crippen LogP contribution < -0.4 is 5.73 Å². The highest BCUT2D eigenvalue weighted by molar-refractivity contribution is 9.10. The molecule has 0 saturated heterocycles. The molecule has 1 atom stereocenters. The Hall–Kier alpha value is -1.13. The van der Waals surface area contributed by atoms with Crippen LogP contribution in [0.5, 0.6) is 0 Å². The van der Waals surface area contributed by atoms with E-state index in [1.165, 1.54) is 6.07 Å². The zero-order valence-electron chi connectivity index (χ0n) is 9.53. The van der Waals surface area contributed by atoms with Crippen LogP contribution in [-0.4, -0.2) is 4.57 Å². The molecule has 1 aromatic carbocycles. The summed E-state index contributed by atoms with van der Waals surface area (Å²) in [5.74, 6) is -0.197. The minimum atomic E-state index is -0.197. The zero-order valence-corrected chi connectivity index (χ0v) is 11.1. The Morgan fingerprint density at radius 3 is 2.88 bits per heavy atom. The van der Waals surface area contributed by atoms with E-state index in [-0.39, 0.29) is 11.9 Å². The van der Waals surface area contributed by atoms with E-state index < -0.39 is 0 Å². The van der Waals surface area contributed by atoms with Crippen LogP contribution in [0.3, 0.4) is 0 Å². The number of hydrogen-bond acceptors (Lipinski definition) is 1. The van der Waals surface area contributed by atoms with Crippen molar-refractivity contribution in [2.75, 3.05) is 0 Å². The van der Waals surface area contributed by atoms with Crippen LogP contribution in [0.2, 0.25) is 0 Å².